The van der Waals surface area contributed by atoms with E-state index in [0.29, 0.717) is 18.8 Å². The smallest absolute Gasteiger partial charge is 0.212 e. The number of nitrogens with one attached hydrogen (secondary N) is 1. The molecule has 0 fully saturated rings. The molecule has 0 heterocycles. The summed E-state index contributed by atoms with van der Waals surface area (Å²) in [5.74, 6) is 0.251. The molecule has 0 unspecified atom stereocenters. The van der Waals surface area contributed by atoms with Crippen LogP contribution in [0.2, 0.25) is 0 Å². The highest BCUT2D eigenvalue weighted by Gasteiger charge is 2.21. The molecule has 0 saturated carbocycles. The normalized spacial score (nSPS) is 14.2. The number of hydrogen-bond donors (Lipinski definition) is 1. The molecule has 0 saturated heterocycles. The zero-order valence-corrected chi connectivity index (χ0v) is 10.7. The summed E-state index contributed by atoms with van der Waals surface area (Å²) in [4.78, 5) is 11.2. The first-order valence-corrected chi connectivity index (χ1v) is 6.94. The van der Waals surface area contributed by atoms with Crippen molar-refractivity contribution >= 4 is 15.8 Å². The average molecular weight is 235 g/mol. The predicted molar refractivity (Wildman–Crippen MR) is 61.1 cm³/mol. The fourth-order valence-electron chi connectivity index (χ4n) is 1.31. The molecule has 0 amide bonds. The van der Waals surface area contributed by atoms with Gasteiger partial charge in [-0.05, 0) is 25.7 Å². The van der Waals surface area contributed by atoms with Crippen LogP contribution >= 0.6 is 0 Å². The van der Waals surface area contributed by atoms with Crippen molar-refractivity contribution in [3.05, 3.63) is 0 Å². The molecule has 0 aliphatic carbocycles. The van der Waals surface area contributed by atoms with Gasteiger partial charge in [0.2, 0.25) is 10.0 Å². The van der Waals surface area contributed by atoms with E-state index in [-0.39, 0.29) is 11.5 Å². The summed E-state index contributed by atoms with van der Waals surface area (Å²) in [6, 6.07) is -0.568. The second-order valence-electron chi connectivity index (χ2n) is 4.23. The first-order valence-electron chi connectivity index (χ1n) is 5.29. The fraction of sp³-hybridized carbons (Fsp3) is 0.900. The van der Waals surface area contributed by atoms with Crippen molar-refractivity contribution in [2.75, 3.05) is 5.75 Å². The van der Waals surface area contributed by atoms with Crippen molar-refractivity contribution in [2.24, 2.45) is 5.92 Å². The molecule has 0 spiro atoms. The Bertz CT molecular complexity index is 296. The van der Waals surface area contributed by atoms with Crippen LogP contribution in [0.4, 0.5) is 0 Å². The monoisotopic (exact) mass is 235 g/mol. The second-order valence-corrected chi connectivity index (χ2v) is 6.10. The van der Waals surface area contributed by atoms with E-state index in [1.54, 1.807) is 6.92 Å². The maximum atomic E-state index is 11.5. The summed E-state index contributed by atoms with van der Waals surface area (Å²) in [5.41, 5.74) is 0. The Morgan fingerprint density at radius 2 is 1.87 bits per heavy atom. The Morgan fingerprint density at radius 3 is 2.20 bits per heavy atom. The van der Waals surface area contributed by atoms with E-state index < -0.39 is 16.1 Å². The molecular formula is C10H21NO3S. The zero-order chi connectivity index (χ0) is 12.1. The summed E-state index contributed by atoms with van der Waals surface area (Å²) in [6.07, 6.45) is 1.11. The van der Waals surface area contributed by atoms with E-state index in [0.717, 1.165) is 0 Å². The molecule has 0 rings (SSSR count). The molecule has 0 aliphatic heterocycles. The number of Topliss-reactive ketones (excluding diaryl/α,β-unsaturated/α-hetero) is 1. The third-order valence-electron chi connectivity index (χ3n) is 1.99. The third kappa shape index (κ3) is 6.62. The molecule has 1 N–H and O–H groups in total. The topological polar surface area (TPSA) is 63.2 Å². The highest BCUT2D eigenvalue weighted by molar-refractivity contribution is 7.89. The van der Waals surface area contributed by atoms with Crippen LogP contribution in [0.1, 0.15) is 40.5 Å². The van der Waals surface area contributed by atoms with Gasteiger partial charge in [0.05, 0.1) is 11.8 Å². The molecule has 5 heteroatoms. The second kappa shape index (κ2) is 6.23. The summed E-state index contributed by atoms with van der Waals surface area (Å²) >= 11 is 0. The van der Waals surface area contributed by atoms with Crippen LogP contribution in [-0.4, -0.2) is 26.0 Å². The van der Waals surface area contributed by atoms with Gasteiger partial charge in [-0.1, -0.05) is 20.8 Å². The molecule has 0 aliphatic rings. The lowest BCUT2D eigenvalue weighted by atomic mass is 10.0. The average Bonchev–Trinajstić information content (AvgIpc) is 2.00. The van der Waals surface area contributed by atoms with Crippen molar-refractivity contribution in [1.82, 2.24) is 4.72 Å². The Balaban J connectivity index is 4.48. The Morgan fingerprint density at radius 1 is 1.33 bits per heavy atom. The molecule has 0 aromatic carbocycles. The quantitative estimate of drug-likeness (QED) is 0.724. The van der Waals surface area contributed by atoms with E-state index >= 15 is 0 Å². The number of carbonyl (C=O) groups excluding carboxylic acids is 1. The van der Waals surface area contributed by atoms with Gasteiger partial charge in [0.25, 0.3) is 0 Å². The number of sulfonamides is 1. The number of hydrogen-bond acceptors (Lipinski definition) is 3. The third-order valence-corrected chi connectivity index (χ3v) is 3.58. The van der Waals surface area contributed by atoms with Crippen molar-refractivity contribution in [3.63, 3.8) is 0 Å². The van der Waals surface area contributed by atoms with Gasteiger partial charge in [0.15, 0.2) is 0 Å². The van der Waals surface area contributed by atoms with Gasteiger partial charge in [0.1, 0.15) is 5.78 Å². The van der Waals surface area contributed by atoms with Gasteiger partial charge in [-0.15, -0.1) is 0 Å². The lowest BCUT2D eigenvalue weighted by Crippen LogP contribution is -2.41. The van der Waals surface area contributed by atoms with Gasteiger partial charge >= 0.3 is 0 Å². The van der Waals surface area contributed by atoms with Crippen LogP contribution in [0, 0.1) is 5.92 Å². The van der Waals surface area contributed by atoms with Crippen LogP contribution in [0.5, 0.6) is 0 Å². The van der Waals surface area contributed by atoms with Crippen molar-refractivity contribution in [3.8, 4) is 0 Å². The van der Waals surface area contributed by atoms with E-state index in [2.05, 4.69) is 4.72 Å². The molecule has 1 atom stereocenters. The van der Waals surface area contributed by atoms with Gasteiger partial charge < -0.3 is 0 Å². The zero-order valence-electron chi connectivity index (χ0n) is 9.91. The first-order chi connectivity index (χ1) is 6.78. The number of ketones is 1. The minimum absolute atomic E-state index is 0.0782. The first kappa shape index (κ1) is 14.6. The number of carbonyl (C=O) groups is 1. The molecule has 4 nitrogen and oxygen atoms in total. The van der Waals surface area contributed by atoms with Crippen LogP contribution in [-0.2, 0) is 14.8 Å². The summed E-state index contributed by atoms with van der Waals surface area (Å²) in [7, 11) is -3.29. The summed E-state index contributed by atoms with van der Waals surface area (Å²) in [6.45, 7) is 7.14. The lowest BCUT2D eigenvalue weighted by Gasteiger charge is -2.17. The van der Waals surface area contributed by atoms with Gasteiger partial charge in [-0.3, -0.25) is 4.79 Å². The van der Waals surface area contributed by atoms with Gasteiger partial charge in [-0.25, -0.2) is 13.1 Å². The molecular weight excluding hydrogens is 214 g/mol. The highest BCUT2D eigenvalue weighted by atomic mass is 32.2. The predicted octanol–water partition coefficient (Wildman–Crippen LogP) is 1.32. The standard InChI is InChI=1S/C10H21NO3S/c1-5-6-15(13,14)11-10(9(4)12)7-8(2)3/h8,10-11H,5-7H2,1-4H3/t10-/m1/s1. The maximum absolute atomic E-state index is 11.5. The maximum Gasteiger partial charge on any atom is 0.212 e. The van der Waals surface area contributed by atoms with E-state index in [1.807, 2.05) is 13.8 Å². The van der Waals surface area contributed by atoms with E-state index in [4.69, 9.17) is 0 Å². The van der Waals surface area contributed by atoms with Crippen LogP contribution in [0.15, 0.2) is 0 Å². The summed E-state index contributed by atoms with van der Waals surface area (Å²) < 4.78 is 25.4. The molecule has 90 valence electrons. The molecule has 0 aromatic heterocycles. The van der Waals surface area contributed by atoms with Gasteiger partial charge in [0, 0.05) is 0 Å². The van der Waals surface area contributed by atoms with Crippen LogP contribution in [0.3, 0.4) is 0 Å². The van der Waals surface area contributed by atoms with Crippen LogP contribution < -0.4 is 4.72 Å². The Labute approximate surface area is 92.5 Å². The van der Waals surface area contributed by atoms with Crippen molar-refractivity contribution in [1.29, 1.82) is 0 Å². The summed E-state index contributed by atoms with van der Waals surface area (Å²) in [5, 5.41) is 0. The fourth-order valence-corrected chi connectivity index (χ4v) is 2.66. The van der Waals surface area contributed by atoms with E-state index in [9.17, 15) is 13.2 Å². The molecule has 15 heavy (non-hydrogen) atoms. The van der Waals surface area contributed by atoms with Crippen LogP contribution in [0.25, 0.3) is 0 Å². The number of rotatable bonds is 7. The minimum atomic E-state index is -3.29. The molecule has 0 radical (unpaired) electrons. The van der Waals surface area contributed by atoms with Crippen molar-refractivity contribution < 1.29 is 13.2 Å². The van der Waals surface area contributed by atoms with Crippen molar-refractivity contribution in [2.45, 2.75) is 46.6 Å². The Kier molecular flexibility index (Phi) is 6.05. The SMILES string of the molecule is CCCS(=O)(=O)N[C@H](CC(C)C)C(C)=O. The minimum Gasteiger partial charge on any atom is -0.298 e. The Hall–Kier alpha value is -0.420. The van der Waals surface area contributed by atoms with Gasteiger partial charge in [-0.2, -0.15) is 0 Å². The lowest BCUT2D eigenvalue weighted by molar-refractivity contribution is -0.118. The molecule has 0 aromatic rings. The highest BCUT2D eigenvalue weighted by Crippen LogP contribution is 2.07. The largest absolute Gasteiger partial charge is 0.298 e. The van der Waals surface area contributed by atoms with E-state index in [1.165, 1.54) is 6.92 Å². The molecule has 0 bridgehead atoms.